The first-order chi connectivity index (χ1) is 13.0. The SMILES string of the molecule is CC(Oc1cccc(CO)c1)C(=O)NC1CC(c2cccc(C(=O)O)c2)C1. The summed E-state index contributed by atoms with van der Waals surface area (Å²) in [6.07, 6.45) is 0.914. The maximum atomic E-state index is 12.3. The van der Waals surface area contributed by atoms with Crippen molar-refractivity contribution in [2.75, 3.05) is 0 Å². The summed E-state index contributed by atoms with van der Waals surface area (Å²) in [6.45, 7) is 1.61. The van der Waals surface area contributed by atoms with E-state index in [1.165, 1.54) is 0 Å². The van der Waals surface area contributed by atoms with Gasteiger partial charge in [-0.2, -0.15) is 0 Å². The highest BCUT2D eigenvalue weighted by atomic mass is 16.5. The first kappa shape index (κ1) is 18.9. The van der Waals surface area contributed by atoms with Gasteiger partial charge < -0.3 is 20.3 Å². The van der Waals surface area contributed by atoms with Crippen molar-refractivity contribution in [1.29, 1.82) is 0 Å². The molecule has 1 fully saturated rings. The Morgan fingerprint density at radius 3 is 2.63 bits per heavy atom. The molecule has 0 aliphatic heterocycles. The number of rotatable bonds is 7. The molecule has 2 aromatic carbocycles. The van der Waals surface area contributed by atoms with Gasteiger partial charge in [-0.05, 0) is 61.1 Å². The first-order valence-electron chi connectivity index (χ1n) is 8.96. The molecule has 0 saturated heterocycles. The van der Waals surface area contributed by atoms with E-state index in [2.05, 4.69) is 5.32 Å². The number of nitrogens with one attached hydrogen (secondary N) is 1. The van der Waals surface area contributed by atoms with Crippen molar-refractivity contribution in [2.45, 2.75) is 44.4 Å². The zero-order valence-electron chi connectivity index (χ0n) is 15.1. The average Bonchev–Trinajstić information content (AvgIpc) is 2.64. The van der Waals surface area contributed by atoms with Crippen molar-refractivity contribution >= 4 is 11.9 Å². The van der Waals surface area contributed by atoms with Crippen LogP contribution in [0.3, 0.4) is 0 Å². The fourth-order valence-corrected chi connectivity index (χ4v) is 3.23. The Kier molecular flexibility index (Phi) is 5.76. The van der Waals surface area contributed by atoms with Crippen molar-refractivity contribution in [3.05, 3.63) is 65.2 Å². The second-order valence-corrected chi connectivity index (χ2v) is 6.87. The van der Waals surface area contributed by atoms with Crippen molar-refractivity contribution in [3.8, 4) is 5.75 Å². The molecule has 0 spiro atoms. The molecule has 1 amide bonds. The Morgan fingerprint density at radius 2 is 1.93 bits per heavy atom. The number of aliphatic hydroxyl groups excluding tert-OH is 1. The van der Waals surface area contributed by atoms with Gasteiger partial charge in [0.2, 0.25) is 0 Å². The highest BCUT2D eigenvalue weighted by molar-refractivity contribution is 5.87. The molecule has 2 aromatic rings. The number of hydrogen-bond acceptors (Lipinski definition) is 4. The van der Waals surface area contributed by atoms with Gasteiger partial charge in [0.25, 0.3) is 5.91 Å². The van der Waals surface area contributed by atoms with E-state index in [1.807, 2.05) is 6.07 Å². The lowest BCUT2D eigenvalue weighted by Crippen LogP contribution is -2.47. The minimum atomic E-state index is -0.933. The predicted octanol–water partition coefficient (Wildman–Crippen LogP) is 2.71. The number of ether oxygens (including phenoxy) is 1. The Balaban J connectivity index is 1.49. The lowest BCUT2D eigenvalue weighted by Gasteiger charge is -2.36. The molecule has 0 heterocycles. The minimum Gasteiger partial charge on any atom is -0.481 e. The summed E-state index contributed by atoms with van der Waals surface area (Å²) < 4.78 is 5.65. The van der Waals surface area contributed by atoms with Gasteiger partial charge in [0.15, 0.2) is 6.10 Å². The van der Waals surface area contributed by atoms with Gasteiger partial charge >= 0.3 is 5.97 Å². The molecule has 1 unspecified atom stereocenters. The second kappa shape index (κ2) is 8.22. The molecule has 1 saturated carbocycles. The number of benzene rings is 2. The van der Waals surface area contributed by atoms with Crippen molar-refractivity contribution < 1.29 is 24.5 Å². The van der Waals surface area contributed by atoms with E-state index in [0.717, 1.165) is 24.0 Å². The highest BCUT2D eigenvalue weighted by Gasteiger charge is 2.32. The maximum Gasteiger partial charge on any atom is 0.335 e. The van der Waals surface area contributed by atoms with Crippen LogP contribution in [0.25, 0.3) is 0 Å². The van der Waals surface area contributed by atoms with Gasteiger partial charge in [-0.15, -0.1) is 0 Å². The largest absolute Gasteiger partial charge is 0.481 e. The first-order valence-corrected chi connectivity index (χ1v) is 8.96. The second-order valence-electron chi connectivity index (χ2n) is 6.87. The van der Waals surface area contributed by atoms with E-state index in [4.69, 9.17) is 14.9 Å². The van der Waals surface area contributed by atoms with Crippen LogP contribution in [0.4, 0.5) is 0 Å². The Labute approximate surface area is 157 Å². The molecular formula is C21H23NO5. The van der Waals surface area contributed by atoms with Crippen LogP contribution in [0.5, 0.6) is 5.75 Å². The summed E-state index contributed by atoms with van der Waals surface area (Å²) in [7, 11) is 0. The number of hydrogen-bond donors (Lipinski definition) is 3. The van der Waals surface area contributed by atoms with Crippen LogP contribution in [0, 0.1) is 0 Å². The zero-order valence-corrected chi connectivity index (χ0v) is 15.1. The zero-order chi connectivity index (χ0) is 19.4. The molecule has 3 N–H and O–H groups in total. The maximum absolute atomic E-state index is 12.3. The van der Waals surface area contributed by atoms with Crippen molar-refractivity contribution in [2.24, 2.45) is 0 Å². The molecule has 3 rings (SSSR count). The molecule has 6 heteroatoms. The molecular weight excluding hydrogens is 346 g/mol. The summed E-state index contributed by atoms with van der Waals surface area (Å²) in [5.41, 5.74) is 2.00. The molecule has 0 bridgehead atoms. The minimum absolute atomic E-state index is 0.0609. The molecule has 6 nitrogen and oxygen atoms in total. The van der Waals surface area contributed by atoms with Gasteiger partial charge in [-0.1, -0.05) is 24.3 Å². The fourth-order valence-electron chi connectivity index (χ4n) is 3.23. The lowest BCUT2D eigenvalue weighted by atomic mass is 9.75. The number of carbonyl (C=O) groups excluding carboxylic acids is 1. The third-order valence-corrected chi connectivity index (χ3v) is 4.85. The van der Waals surface area contributed by atoms with E-state index in [1.54, 1.807) is 49.4 Å². The summed E-state index contributed by atoms with van der Waals surface area (Å²) in [6, 6.07) is 14.0. The number of carbonyl (C=O) groups is 2. The molecule has 142 valence electrons. The van der Waals surface area contributed by atoms with Crippen LogP contribution in [0.1, 0.15) is 47.2 Å². The molecule has 0 radical (unpaired) electrons. The quantitative estimate of drug-likeness (QED) is 0.697. The number of carboxylic acids is 1. The van der Waals surface area contributed by atoms with E-state index in [0.29, 0.717) is 5.75 Å². The van der Waals surface area contributed by atoms with Gasteiger partial charge in [-0.25, -0.2) is 4.79 Å². The average molecular weight is 369 g/mol. The van der Waals surface area contributed by atoms with Crippen LogP contribution in [0.2, 0.25) is 0 Å². The number of amides is 1. The van der Waals surface area contributed by atoms with E-state index in [9.17, 15) is 9.59 Å². The lowest BCUT2D eigenvalue weighted by molar-refractivity contribution is -0.128. The number of aliphatic hydroxyl groups is 1. The Bertz CT molecular complexity index is 829. The summed E-state index contributed by atoms with van der Waals surface area (Å²) in [5, 5.41) is 21.2. The van der Waals surface area contributed by atoms with Crippen LogP contribution in [0.15, 0.2) is 48.5 Å². The van der Waals surface area contributed by atoms with Crippen LogP contribution in [-0.2, 0) is 11.4 Å². The fraction of sp³-hybridized carbons (Fsp3) is 0.333. The van der Waals surface area contributed by atoms with E-state index >= 15 is 0 Å². The molecule has 1 aliphatic rings. The van der Waals surface area contributed by atoms with Gasteiger partial charge in [0.05, 0.1) is 12.2 Å². The molecule has 27 heavy (non-hydrogen) atoms. The van der Waals surface area contributed by atoms with Crippen LogP contribution >= 0.6 is 0 Å². The van der Waals surface area contributed by atoms with E-state index in [-0.39, 0.29) is 30.0 Å². The molecule has 1 aliphatic carbocycles. The van der Waals surface area contributed by atoms with Crippen molar-refractivity contribution in [1.82, 2.24) is 5.32 Å². The molecule has 0 aromatic heterocycles. The highest BCUT2D eigenvalue weighted by Crippen LogP contribution is 2.37. The number of carboxylic acid groups (broad SMARTS) is 1. The summed E-state index contributed by atoms with van der Waals surface area (Å²) >= 11 is 0. The van der Waals surface area contributed by atoms with Crippen LogP contribution < -0.4 is 10.1 Å². The summed E-state index contributed by atoms with van der Waals surface area (Å²) in [4.78, 5) is 23.4. The monoisotopic (exact) mass is 369 g/mol. The normalized spacial score (nSPS) is 19.6. The number of aromatic carboxylic acids is 1. The third-order valence-electron chi connectivity index (χ3n) is 4.85. The third kappa shape index (κ3) is 4.65. The van der Waals surface area contributed by atoms with E-state index < -0.39 is 12.1 Å². The van der Waals surface area contributed by atoms with Crippen molar-refractivity contribution in [3.63, 3.8) is 0 Å². The van der Waals surface area contributed by atoms with Gasteiger partial charge in [0, 0.05) is 6.04 Å². The smallest absolute Gasteiger partial charge is 0.335 e. The topological polar surface area (TPSA) is 95.9 Å². The Morgan fingerprint density at radius 1 is 1.19 bits per heavy atom. The predicted molar refractivity (Wildman–Crippen MR) is 99.8 cm³/mol. The Hall–Kier alpha value is -2.86. The summed E-state index contributed by atoms with van der Waals surface area (Å²) in [5.74, 6) is -0.322. The van der Waals surface area contributed by atoms with Gasteiger partial charge in [-0.3, -0.25) is 4.79 Å². The molecule has 1 atom stereocenters. The van der Waals surface area contributed by atoms with Gasteiger partial charge in [0.1, 0.15) is 5.75 Å². The standard InChI is InChI=1S/C21H23NO5/c1-13(27-19-7-2-4-14(8-19)12-23)20(24)22-18-10-17(11-18)15-5-3-6-16(9-15)21(25)26/h2-9,13,17-18,23H,10-12H2,1H3,(H,22,24)(H,25,26). The van der Waals surface area contributed by atoms with Crippen LogP contribution in [-0.4, -0.2) is 34.2 Å².